The monoisotopic (exact) mass is 234 g/mol. The molecule has 0 atom stereocenters. The van der Waals surface area contributed by atoms with Crippen molar-refractivity contribution >= 4 is 0 Å². The molecule has 1 aliphatic rings. The summed E-state index contributed by atoms with van der Waals surface area (Å²) < 4.78 is 0. The predicted octanol–water partition coefficient (Wildman–Crippen LogP) is 3.36. The van der Waals surface area contributed by atoms with Gasteiger partial charge in [-0.1, -0.05) is 31.4 Å². The van der Waals surface area contributed by atoms with Crippen LogP contribution in [0.25, 0.3) is 0 Å². The van der Waals surface area contributed by atoms with Gasteiger partial charge in [0, 0.05) is 6.61 Å². The Kier molecular flexibility index (Phi) is 4.43. The second-order valence-corrected chi connectivity index (χ2v) is 5.06. The van der Waals surface area contributed by atoms with Gasteiger partial charge < -0.3 is 10.2 Å². The third kappa shape index (κ3) is 3.22. The van der Waals surface area contributed by atoms with E-state index in [0.717, 1.165) is 18.4 Å². The van der Waals surface area contributed by atoms with Gasteiger partial charge in [0.2, 0.25) is 0 Å². The van der Waals surface area contributed by atoms with Crippen molar-refractivity contribution in [3.05, 3.63) is 29.3 Å². The quantitative estimate of drug-likeness (QED) is 0.838. The molecule has 1 fully saturated rings. The maximum absolute atomic E-state index is 9.96. The van der Waals surface area contributed by atoms with Crippen molar-refractivity contribution in [2.24, 2.45) is 0 Å². The lowest BCUT2D eigenvalue weighted by atomic mass is 9.83. The highest BCUT2D eigenvalue weighted by molar-refractivity contribution is 5.39. The second kappa shape index (κ2) is 6.06. The Morgan fingerprint density at radius 1 is 1.12 bits per heavy atom. The van der Waals surface area contributed by atoms with Gasteiger partial charge in [0.1, 0.15) is 5.75 Å². The molecular formula is C15H22O2. The number of aromatic hydroxyl groups is 1. The van der Waals surface area contributed by atoms with E-state index in [1.54, 1.807) is 0 Å². The molecule has 2 N–H and O–H groups in total. The lowest BCUT2D eigenvalue weighted by Gasteiger charge is -2.23. The van der Waals surface area contributed by atoms with Gasteiger partial charge in [-0.05, 0) is 48.8 Å². The first-order chi connectivity index (χ1) is 8.31. The molecule has 1 aliphatic carbocycles. The van der Waals surface area contributed by atoms with Gasteiger partial charge in [-0.25, -0.2) is 0 Å². The van der Waals surface area contributed by atoms with Crippen LogP contribution in [-0.4, -0.2) is 16.8 Å². The zero-order chi connectivity index (χ0) is 12.1. The minimum atomic E-state index is 0.236. The number of rotatable bonds is 4. The molecule has 0 spiro atoms. The summed E-state index contributed by atoms with van der Waals surface area (Å²) in [6, 6.07) is 5.93. The van der Waals surface area contributed by atoms with Crippen molar-refractivity contribution < 1.29 is 10.2 Å². The fraction of sp³-hybridized carbons (Fsp3) is 0.600. The Balaban J connectivity index is 2.13. The molecule has 0 amide bonds. The molecule has 1 aromatic rings. The van der Waals surface area contributed by atoms with E-state index in [-0.39, 0.29) is 6.61 Å². The highest BCUT2D eigenvalue weighted by atomic mass is 16.3. The molecule has 0 radical (unpaired) electrons. The van der Waals surface area contributed by atoms with E-state index in [0.29, 0.717) is 11.7 Å². The van der Waals surface area contributed by atoms with E-state index >= 15 is 0 Å². The van der Waals surface area contributed by atoms with Crippen molar-refractivity contribution in [2.45, 2.75) is 50.9 Å². The summed E-state index contributed by atoms with van der Waals surface area (Å²) in [6.07, 6.45) is 8.01. The van der Waals surface area contributed by atoms with Crippen LogP contribution >= 0.6 is 0 Å². The molecule has 0 unspecified atom stereocenters. The van der Waals surface area contributed by atoms with Crippen LogP contribution in [0.3, 0.4) is 0 Å². The molecule has 1 aromatic carbocycles. The van der Waals surface area contributed by atoms with E-state index in [1.165, 1.54) is 37.7 Å². The Morgan fingerprint density at radius 3 is 2.59 bits per heavy atom. The summed E-state index contributed by atoms with van der Waals surface area (Å²) >= 11 is 0. The first-order valence-electron chi connectivity index (χ1n) is 6.74. The van der Waals surface area contributed by atoms with E-state index in [4.69, 9.17) is 5.11 Å². The Morgan fingerprint density at radius 2 is 1.88 bits per heavy atom. The molecule has 17 heavy (non-hydrogen) atoms. The fourth-order valence-corrected chi connectivity index (χ4v) is 2.78. The van der Waals surface area contributed by atoms with Crippen molar-refractivity contribution in [3.8, 4) is 5.75 Å². The average molecular weight is 234 g/mol. The lowest BCUT2D eigenvalue weighted by molar-refractivity contribution is 0.288. The first-order valence-corrected chi connectivity index (χ1v) is 6.74. The highest BCUT2D eigenvalue weighted by Gasteiger charge is 2.18. The SMILES string of the molecule is OCCCc1ccc(O)c(C2CCCCC2)c1. The molecule has 0 bridgehead atoms. The van der Waals surface area contributed by atoms with Gasteiger partial charge in [0.15, 0.2) is 0 Å². The van der Waals surface area contributed by atoms with Crippen LogP contribution in [0.1, 0.15) is 55.6 Å². The summed E-state index contributed by atoms with van der Waals surface area (Å²) in [6.45, 7) is 0.236. The third-order valence-corrected chi connectivity index (χ3v) is 3.76. The summed E-state index contributed by atoms with van der Waals surface area (Å²) in [5.41, 5.74) is 2.36. The van der Waals surface area contributed by atoms with E-state index in [2.05, 4.69) is 6.07 Å². The molecule has 1 saturated carbocycles. The normalized spacial score (nSPS) is 17.2. The van der Waals surface area contributed by atoms with Crippen LogP contribution in [-0.2, 0) is 6.42 Å². The zero-order valence-corrected chi connectivity index (χ0v) is 10.4. The topological polar surface area (TPSA) is 40.5 Å². The predicted molar refractivity (Wildman–Crippen MR) is 69.3 cm³/mol. The molecular weight excluding hydrogens is 212 g/mol. The van der Waals surface area contributed by atoms with Crippen molar-refractivity contribution in [1.82, 2.24) is 0 Å². The van der Waals surface area contributed by atoms with Gasteiger partial charge in [0.05, 0.1) is 0 Å². The number of hydrogen-bond donors (Lipinski definition) is 2. The van der Waals surface area contributed by atoms with Gasteiger partial charge in [0.25, 0.3) is 0 Å². The molecule has 0 aliphatic heterocycles. The van der Waals surface area contributed by atoms with E-state index < -0.39 is 0 Å². The molecule has 0 aromatic heterocycles. The maximum atomic E-state index is 9.96. The summed E-state index contributed by atoms with van der Waals surface area (Å²) in [4.78, 5) is 0. The minimum absolute atomic E-state index is 0.236. The molecule has 2 heteroatoms. The number of aliphatic hydroxyl groups is 1. The summed E-state index contributed by atoms with van der Waals surface area (Å²) in [5.74, 6) is 0.988. The smallest absolute Gasteiger partial charge is 0.119 e. The molecule has 0 saturated heterocycles. The molecule has 94 valence electrons. The Labute approximate surface area is 103 Å². The van der Waals surface area contributed by atoms with Crippen LogP contribution < -0.4 is 0 Å². The number of aryl methyl sites for hydroxylation is 1. The lowest BCUT2D eigenvalue weighted by Crippen LogP contribution is -2.05. The maximum Gasteiger partial charge on any atom is 0.119 e. The number of benzene rings is 1. The van der Waals surface area contributed by atoms with Gasteiger partial charge in [-0.3, -0.25) is 0 Å². The Bertz CT molecular complexity index is 354. The van der Waals surface area contributed by atoms with Crippen molar-refractivity contribution in [2.75, 3.05) is 6.61 Å². The van der Waals surface area contributed by atoms with E-state index in [1.807, 2.05) is 12.1 Å². The van der Waals surface area contributed by atoms with Crippen LogP contribution in [0.4, 0.5) is 0 Å². The van der Waals surface area contributed by atoms with Crippen molar-refractivity contribution in [3.63, 3.8) is 0 Å². The van der Waals surface area contributed by atoms with Gasteiger partial charge >= 0.3 is 0 Å². The van der Waals surface area contributed by atoms with Gasteiger partial charge in [-0.15, -0.1) is 0 Å². The highest BCUT2D eigenvalue weighted by Crippen LogP contribution is 2.37. The molecule has 0 heterocycles. The summed E-state index contributed by atoms with van der Waals surface area (Å²) in [7, 11) is 0. The first kappa shape index (κ1) is 12.4. The van der Waals surface area contributed by atoms with Crippen LogP contribution in [0.5, 0.6) is 5.75 Å². The minimum Gasteiger partial charge on any atom is -0.508 e. The van der Waals surface area contributed by atoms with Gasteiger partial charge in [-0.2, -0.15) is 0 Å². The van der Waals surface area contributed by atoms with Crippen LogP contribution in [0.15, 0.2) is 18.2 Å². The average Bonchev–Trinajstić information content (AvgIpc) is 2.39. The fourth-order valence-electron chi connectivity index (χ4n) is 2.78. The van der Waals surface area contributed by atoms with E-state index in [9.17, 15) is 5.11 Å². The van der Waals surface area contributed by atoms with Crippen LogP contribution in [0.2, 0.25) is 0 Å². The number of aliphatic hydroxyl groups excluding tert-OH is 1. The van der Waals surface area contributed by atoms with Crippen molar-refractivity contribution in [1.29, 1.82) is 0 Å². The number of phenols is 1. The van der Waals surface area contributed by atoms with Crippen LogP contribution in [0, 0.1) is 0 Å². The number of phenolic OH excluding ortho intramolecular Hbond substituents is 1. The largest absolute Gasteiger partial charge is 0.508 e. The summed E-state index contributed by atoms with van der Waals surface area (Å²) in [5, 5.41) is 18.8. The second-order valence-electron chi connectivity index (χ2n) is 5.06. The molecule has 2 rings (SSSR count). The Hall–Kier alpha value is -1.02. The number of hydrogen-bond acceptors (Lipinski definition) is 2. The third-order valence-electron chi connectivity index (χ3n) is 3.76. The standard InChI is InChI=1S/C15H22O2/c16-10-4-5-12-8-9-15(17)14(11-12)13-6-2-1-3-7-13/h8-9,11,13,16-17H,1-7,10H2. The zero-order valence-electron chi connectivity index (χ0n) is 10.4. The molecule has 2 nitrogen and oxygen atoms in total.